The maximum Gasteiger partial charge on any atom is 0.220 e. The van der Waals surface area contributed by atoms with E-state index in [4.69, 9.17) is 9.47 Å². The molecule has 2 fully saturated rings. The zero-order valence-corrected chi connectivity index (χ0v) is 18.2. The van der Waals surface area contributed by atoms with Crippen LogP contribution in [0, 0.1) is 17.8 Å². The van der Waals surface area contributed by atoms with Crippen molar-refractivity contribution < 1.29 is 19.1 Å². The van der Waals surface area contributed by atoms with Crippen molar-refractivity contribution >= 4 is 11.7 Å². The maximum absolute atomic E-state index is 12.1. The third-order valence-electron chi connectivity index (χ3n) is 5.75. The molecule has 1 aliphatic heterocycles. The van der Waals surface area contributed by atoms with Crippen molar-refractivity contribution in [3.05, 3.63) is 0 Å². The van der Waals surface area contributed by atoms with Crippen LogP contribution in [0.1, 0.15) is 72.6 Å². The summed E-state index contributed by atoms with van der Waals surface area (Å²) in [6, 6.07) is 0.466. The summed E-state index contributed by atoms with van der Waals surface area (Å²) in [6.07, 6.45) is 6.88. The fraction of sp³-hybridized carbons (Fsp3) is 0.909. The summed E-state index contributed by atoms with van der Waals surface area (Å²) in [5.41, 5.74) is 0. The lowest BCUT2D eigenvalue weighted by Crippen LogP contribution is -2.38. The van der Waals surface area contributed by atoms with Crippen LogP contribution in [0.5, 0.6) is 0 Å². The first-order chi connectivity index (χ1) is 13.4. The van der Waals surface area contributed by atoms with Gasteiger partial charge in [0.05, 0.1) is 6.61 Å². The Hall–Kier alpha value is -0.980. The van der Waals surface area contributed by atoms with Gasteiger partial charge in [-0.2, -0.15) is 0 Å². The van der Waals surface area contributed by atoms with Gasteiger partial charge in [-0.05, 0) is 38.0 Å². The highest BCUT2D eigenvalue weighted by Crippen LogP contribution is 2.30. The topological polar surface area (TPSA) is 80.0 Å². The molecule has 0 aromatic carbocycles. The molecular formula is C22H40N2O4. The number of Topliss-reactive ketones (excluding diaryl/α,β-unsaturated/α-hetero) is 1. The molecular weight excluding hydrogens is 356 g/mol. The van der Waals surface area contributed by atoms with Gasteiger partial charge in [0, 0.05) is 43.9 Å². The second kappa shape index (κ2) is 11.9. The number of nitrogens with one attached hydrogen (secondary N) is 2. The third-order valence-corrected chi connectivity index (χ3v) is 5.75. The van der Waals surface area contributed by atoms with E-state index >= 15 is 0 Å². The zero-order chi connectivity index (χ0) is 20.5. The molecule has 0 spiro atoms. The Morgan fingerprint density at radius 2 is 1.79 bits per heavy atom. The van der Waals surface area contributed by atoms with Gasteiger partial charge in [0.2, 0.25) is 5.91 Å². The lowest BCUT2D eigenvalue weighted by Gasteiger charge is -2.28. The number of carbonyl (C=O) groups is 2. The summed E-state index contributed by atoms with van der Waals surface area (Å²) in [4.78, 5) is 23.7. The van der Waals surface area contributed by atoms with Crippen molar-refractivity contribution in [3.63, 3.8) is 0 Å². The fourth-order valence-corrected chi connectivity index (χ4v) is 3.83. The second-order valence-electron chi connectivity index (χ2n) is 9.05. The molecule has 0 radical (unpaired) electrons. The van der Waals surface area contributed by atoms with Crippen molar-refractivity contribution in [2.24, 2.45) is 17.8 Å². The SMILES string of the molecule is CC(C)CCC(=O)NCCOCCC1OC1NC1CCC(C(=O)C(C)C)CC1. The number of epoxide rings is 1. The maximum atomic E-state index is 12.1. The van der Waals surface area contributed by atoms with E-state index in [-0.39, 0.29) is 30.1 Å². The Morgan fingerprint density at radius 3 is 2.43 bits per heavy atom. The van der Waals surface area contributed by atoms with Crippen molar-refractivity contribution in [1.29, 1.82) is 0 Å². The van der Waals surface area contributed by atoms with Gasteiger partial charge in [0.1, 0.15) is 18.1 Å². The Morgan fingerprint density at radius 1 is 1.07 bits per heavy atom. The molecule has 1 heterocycles. The summed E-state index contributed by atoms with van der Waals surface area (Å²) in [7, 11) is 0. The summed E-state index contributed by atoms with van der Waals surface area (Å²) >= 11 is 0. The second-order valence-corrected chi connectivity index (χ2v) is 9.05. The van der Waals surface area contributed by atoms with Gasteiger partial charge in [-0.1, -0.05) is 27.7 Å². The summed E-state index contributed by atoms with van der Waals surface area (Å²) in [5.74, 6) is 1.50. The van der Waals surface area contributed by atoms with Gasteiger partial charge in [-0.25, -0.2) is 0 Å². The number of rotatable bonds is 13. The monoisotopic (exact) mass is 396 g/mol. The molecule has 0 aromatic rings. The van der Waals surface area contributed by atoms with E-state index in [2.05, 4.69) is 24.5 Å². The van der Waals surface area contributed by atoms with Crippen LogP contribution >= 0.6 is 0 Å². The number of hydrogen-bond donors (Lipinski definition) is 2. The minimum absolute atomic E-state index is 0.108. The molecule has 0 bridgehead atoms. The molecule has 2 aliphatic rings. The molecule has 1 amide bonds. The quantitative estimate of drug-likeness (QED) is 0.369. The van der Waals surface area contributed by atoms with E-state index < -0.39 is 0 Å². The average Bonchev–Trinajstić information content (AvgIpc) is 3.40. The molecule has 1 aliphatic carbocycles. The molecule has 162 valence electrons. The molecule has 28 heavy (non-hydrogen) atoms. The Bertz CT molecular complexity index is 487. The first-order valence-electron chi connectivity index (χ1n) is 11.2. The van der Waals surface area contributed by atoms with Crippen LogP contribution in [0.15, 0.2) is 0 Å². The van der Waals surface area contributed by atoms with E-state index in [9.17, 15) is 9.59 Å². The van der Waals surface area contributed by atoms with Crippen LogP contribution in [0.25, 0.3) is 0 Å². The largest absolute Gasteiger partial charge is 0.380 e. The average molecular weight is 397 g/mol. The minimum Gasteiger partial charge on any atom is -0.380 e. The molecule has 0 aromatic heterocycles. The van der Waals surface area contributed by atoms with Crippen LogP contribution in [0.4, 0.5) is 0 Å². The molecule has 1 saturated carbocycles. The van der Waals surface area contributed by atoms with Gasteiger partial charge in [-0.3, -0.25) is 14.9 Å². The highest BCUT2D eigenvalue weighted by atomic mass is 16.6. The van der Waals surface area contributed by atoms with Gasteiger partial charge in [-0.15, -0.1) is 0 Å². The number of ketones is 1. The predicted octanol–water partition coefficient (Wildman–Crippen LogP) is 3.04. The van der Waals surface area contributed by atoms with Crippen molar-refractivity contribution in [1.82, 2.24) is 10.6 Å². The first-order valence-corrected chi connectivity index (χ1v) is 11.2. The number of hydrogen-bond acceptors (Lipinski definition) is 5. The Kier molecular flexibility index (Phi) is 9.89. The van der Waals surface area contributed by atoms with E-state index in [0.29, 0.717) is 43.9 Å². The molecule has 6 heteroatoms. The van der Waals surface area contributed by atoms with Gasteiger partial charge in [0.15, 0.2) is 0 Å². The number of ether oxygens (including phenoxy) is 2. The minimum atomic E-state index is 0.108. The van der Waals surface area contributed by atoms with Crippen LogP contribution < -0.4 is 10.6 Å². The molecule has 2 rings (SSSR count). The summed E-state index contributed by atoms with van der Waals surface area (Å²) in [5, 5.41) is 6.47. The Balaban J connectivity index is 1.44. The zero-order valence-electron chi connectivity index (χ0n) is 18.2. The molecule has 2 unspecified atom stereocenters. The number of carbonyl (C=O) groups excluding carboxylic acids is 2. The van der Waals surface area contributed by atoms with Crippen LogP contribution in [0.2, 0.25) is 0 Å². The van der Waals surface area contributed by atoms with Crippen molar-refractivity contribution in [2.75, 3.05) is 19.8 Å². The fourth-order valence-electron chi connectivity index (χ4n) is 3.83. The van der Waals surface area contributed by atoms with E-state index in [1.807, 2.05) is 13.8 Å². The third kappa shape index (κ3) is 8.58. The first kappa shape index (κ1) is 23.3. The van der Waals surface area contributed by atoms with Crippen molar-refractivity contribution in [3.8, 4) is 0 Å². The van der Waals surface area contributed by atoms with Crippen LogP contribution in [0.3, 0.4) is 0 Å². The van der Waals surface area contributed by atoms with E-state index in [1.165, 1.54) is 0 Å². The predicted molar refractivity (Wildman–Crippen MR) is 110 cm³/mol. The molecule has 2 N–H and O–H groups in total. The summed E-state index contributed by atoms with van der Waals surface area (Å²) < 4.78 is 11.3. The van der Waals surface area contributed by atoms with Crippen molar-refractivity contribution in [2.45, 2.75) is 91.0 Å². The molecule has 1 saturated heterocycles. The molecule has 2 atom stereocenters. The lowest BCUT2D eigenvalue weighted by molar-refractivity contribution is -0.127. The van der Waals surface area contributed by atoms with Gasteiger partial charge in [0.25, 0.3) is 0 Å². The highest BCUT2D eigenvalue weighted by molar-refractivity contribution is 5.82. The smallest absolute Gasteiger partial charge is 0.220 e. The normalized spacial score (nSPS) is 27.2. The van der Waals surface area contributed by atoms with Gasteiger partial charge < -0.3 is 14.8 Å². The summed E-state index contributed by atoms with van der Waals surface area (Å²) in [6.45, 7) is 10.0. The molecule has 6 nitrogen and oxygen atoms in total. The standard InChI is InChI=1S/C22H40N2O4/c1-15(2)5-10-20(25)23-12-14-27-13-11-19-22(28-19)24-18-8-6-17(7-9-18)21(26)16(3)4/h15-19,22,24H,5-14H2,1-4H3,(H,23,25). The number of amides is 1. The van der Waals surface area contributed by atoms with E-state index in [1.54, 1.807) is 0 Å². The van der Waals surface area contributed by atoms with Crippen LogP contribution in [-0.2, 0) is 19.1 Å². The lowest BCUT2D eigenvalue weighted by atomic mass is 9.80. The highest BCUT2D eigenvalue weighted by Gasteiger charge is 2.40. The van der Waals surface area contributed by atoms with Gasteiger partial charge >= 0.3 is 0 Å². The van der Waals surface area contributed by atoms with E-state index in [0.717, 1.165) is 38.5 Å². The Labute approximate surface area is 170 Å². The van der Waals surface area contributed by atoms with Crippen LogP contribution in [-0.4, -0.2) is 49.8 Å².